The predicted octanol–water partition coefficient (Wildman–Crippen LogP) is 3.90. The number of pyridine rings is 2. The molecule has 0 spiro atoms. The molecule has 0 saturated carbocycles. The molecular formula is C24H23N5O2. The Labute approximate surface area is 180 Å². The number of ether oxygens (including phenoxy) is 2. The summed E-state index contributed by atoms with van der Waals surface area (Å²) in [5, 5.41) is 4.83. The van der Waals surface area contributed by atoms with Crippen molar-refractivity contribution in [3.8, 4) is 22.6 Å². The summed E-state index contributed by atoms with van der Waals surface area (Å²) in [6.45, 7) is 3.25. The fourth-order valence-corrected chi connectivity index (χ4v) is 4.48. The predicted molar refractivity (Wildman–Crippen MR) is 116 cm³/mol. The quantitative estimate of drug-likeness (QED) is 0.506. The van der Waals surface area contributed by atoms with Gasteiger partial charge in [-0.1, -0.05) is 12.1 Å². The Morgan fingerprint density at radius 1 is 1.03 bits per heavy atom. The first kappa shape index (κ1) is 18.3. The van der Waals surface area contributed by atoms with Crippen LogP contribution >= 0.6 is 0 Å². The lowest BCUT2D eigenvalue weighted by molar-refractivity contribution is 0.173. The zero-order valence-electron chi connectivity index (χ0n) is 17.1. The Bertz CT molecular complexity index is 1220. The van der Waals surface area contributed by atoms with E-state index >= 15 is 0 Å². The van der Waals surface area contributed by atoms with Crippen molar-refractivity contribution in [3.63, 3.8) is 0 Å². The minimum atomic E-state index is 0.312. The van der Waals surface area contributed by atoms with Crippen LogP contribution in [0.2, 0.25) is 0 Å². The first-order chi connectivity index (χ1) is 15.3. The van der Waals surface area contributed by atoms with E-state index in [4.69, 9.17) is 19.6 Å². The molecular weight excluding hydrogens is 390 g/mol. The number of hydrogen-bond acceptors (Lipinski definition) is 6. The van der Waals surface area contributed by atoms with E-state index in [2.05, 4.69) is 34.1 Å². The average Bonchev–Trinajstić information content (AvgIpc) is 3.46. The Balaban J connectivity index is 1.20. The van der Waals surface area contributed by atoms with E-state index < -0.39 is 0 Å². The molecule has 156 valence electrons. The molecule has 0 aliphatic carbocycles. The number of piperidine rings is 1. The van der Waals surface area contributed by atoms with E-state index in [0.29, 0.717) is 12.7 Å². The molecule has 1 saturated heterocycles. The molecule has 1 atom stereocenters. The standard InChI is InChI=1S/C24H23N5O2/c1-3-18(12-25-9-1)19-6-8-23-26-24(27-29(23)15-19)20-4-2-10-28(14-20)13-17-5-7-21-22(11-17)31-16-30-21/h1,3,5-9,11-12,15,20H,2,4,10,13-14,16H2. The first-order valence-corrected chi connectivity index (χ1v) is 10.7. The molecule has 0 radical (unpaired) electrons. The third-order valence-corrected chi connectivity index (χ3v) is 6.06. The molecule has 3 aromatic heterocycles. The van der Waals surface area contributed by atoms with Gasteiger partial charge < -0.3 is 9.47 Å². The number of aromatic nitrogens is 4. The van der Waals surface area contributed by atoms with Gasteiger partial charge in [0.1, 0.15) is 0 Å². The maximum Gasteiger partial charge on any atom is 0.231 e. The first-order valence-electron chi connectivity index (χ1n) is 10.7. The highest BCUT2D eigenvalue weighted by Gasteiger charge is 2.25. The second kappa shape index (κ2) is 7.67. The molecule has 0 bridgehead atoms. The lowest BCUT2D eigenvalue weighted by Crippen LogP contribution is -2.34. The van der Waals surface area contributed by atoms with E-state index in [0.717, 1.165) is 66.6 Å². The highest BCUT2D eigenvalue weighted by atomic mass is 16.7. The lowest BCUT2D eigenvalue weighted by Gasteiger charge is -2.31. The van der Waals surface area contributed by atoms with Gasteiger partial charge in [-0.05, 0) is 55.3 Å². The van der Waals surface area contributed by atoms with Crippen molar-refractivity contribution in [2.24, 2.45) is 0 Å². The van der Waals surface area contributed by atoms with E-state index in [1.165, 1.54) is 5.56 Å². The van der Waals surface area contributed by atoms with E-state index in [1.807, 2.05) is 35.1 Å². The van der Waals surface area contributed by atoms with Crippen LogP contribution in [0.15, 0.2) is 61.1 Å². The van der Waals surface area contributed by atoms with Crippen LogP contribution in [0.4, 0.5) is 0 Å². The van der Waals surface area contributed by atoms with Gasteiger partial charge in [0.25, 0.3) is 0 Å². The summed E-state index contributed by atoms with van der Waals surface area (Å²) in [6.07, 6.45) is 7.95. The van der Waals surface area contributed by atoms with E-state index in [-0.39, 0.29) is 0 Å². The van der Waals surface area contributed by atoms with Gasteiger partial charge in [0, 0.05) is 48.7 Å². The smallest absolute Gasteiger partial charge is 0.231 e. The van der Waals surface area contributed by atoms with E-state index in [1.54, 1.807) is 6.20 Å². The maximum absolute atomic E-state index is 5.53. The van der Waals surface area contributed by atoms with Crippen LogP contribution < -0.4 is 9.47 Å². The zero-order valence-corrected chi connectivity index (χ0v) is 17.1. The van der Waals surface area contributed by atoms with Gasteiger partial charge in [-0.3, -0.25) is 9.88 Å². The minimum Gasteiger partial charge on any atom is -0.454 e. The van der Waals surface area contributed by atoms with Crippen LogP contribution in [-0.4, -0.2) is 44.4 Å². The number of nitrogens with zero attached hydrogens (tertiary/aromatic N) is 5. The van der Waals surface area contributed by atoms with Crippen LogP contribution in [0.5, 0.6) is 11.5 Å². The largest absolute Gasteiger partial charge is 0.454 e. The third-order valence-electron chi connectivity index (χ3n) is 6.06. The van der Waals surface area contributed by atoms with Crippen LogP contribution in [-0.2, 0) is 6.54 Å². The highest BCUT2D eigenvalue weighted by molar-refractivity contribution is 5.63. The molecule has 1 fully saturated rings. The molecule has 2 aliphatic rings. The molecule has 4 aromatic rings. The Morgan fingerprint density at radius 3 is 2.94 bits per heavy atom. The molecule has 0 amide bonds. The molecule has 7 nitrogen and oxygen atoms in total. The van der Waals surface area contributed by atoms with Gasteiger partial charge >= 0.3 is 0 Å². The van der Waals surface area contributed by atoms with E-state index in [9.17, 15) is 0 Å². The number of likely N-dealkylation sites (tertiary alicyclic amines) is 1. The summed E-state index contributed by atoms with van der Waals surface area (Å²) in [4.78, 5) is 11.5. The number of benzene rings is 1. The Kier molecular flexibility index (Phi) is 4.53. The fourth-order valence-electron chi connectivity index (χ4n) is 4.48. The van der Waals surface area contributed by atoms with Crippen molar-refractivity contribution < 1.29 is 9.47 Å². The van der Waals surface area contributed by atoms with Crippen molar-refractivity contribution in [2.45, 2.75) is 25.3 Å². The van der Waals surface area contributed by atoms with Gasteiger partial charge in [-0.2, -0.15) is 5.10 Å². The summed E-state index contributed by atoms with van der Waals surface area (Å²) in [5.74, 6) is 2.94. The van der Waals surface area contributed by atoms with Crippen molar-refractivity contribution in [1.82, 2.24) is 24.5 Å². The van der Waals surface area contributed by atoms with Gasteiger partial charge in [-0.15, -0.1) is 0 Å². The highest BCUT2D eigenvalue weighted by Crippen LogP contribution is 2.33. The second-order valence-corrected chi connectivity index (χ2v) is 8.19. The summed E-state index contributed by atoms with van der Waals surface area (Å²) in [5.41, 5.74) is 4.30. The molecule has 1 unspecified atom stereocenters. The molecule has 6 rings (SSSR count). The number of rotatable bonds is 4. The normalized spacial score (nSPS) is 18.5. The monoisotopic (exact) mass is 413 g/mol. The average molecular weight is 413 g/mol. The summed E-state index contributed by atoms with van der Waals surface area (Å²) < 4.78 is 12.8. The van der Waals surface area contributed by atoms with Crippen LogP contribution in [0.25, 0.3) is 16.8 Å². The van der Waals surface area contributed by atoms with Gasteiger partial charge in [0.2, 0.25) is 6.79 Å². The maximum atomic E-state index is 5.53. The minimum absolute atomic E-state index is 0.312. The summed E-state index contributed by atoms with van der Waals surface area (Å²) in [7, 11) is 0. The second-order valence-electron chi connectivity index (χ2n) is 8.19. The van der Waals surface area contributed by atoms with Crippen LogP contribution in [0.3, 0.4) is 0 Å². The Morgan fingerprint density at radius 2 is 2.00 bits per heavy atom. The SMILES string of the molecule is c1cncc(-c2ccc3nc(C4CCCN(Cc5ccc6c(c5)OCO6)C4)nn3c2)c1. The topological polar surface area (TPSA) is 64.8 Å². The number of fused-ring (bicyclic) bond motifs is 2. The van der Waals surface area contributed by atoms with Gasteiger partial charge in [0.05, 0.1) is 0 Å². The van der Waals surface area contributed by atoms with Crippen LogP contribution in [0, 0.1) is 0 Å². The molecule has 1 aromatic carbocycles. The lowest BCUT2D eigenvalue weighted by atomic mass is 9.97. The van der Waals surface area contributed by atoms with Crippen molar-refractivity contribution in [2.75, 3.05) is 19.9 Å². The van der Waals surface area contributed by atoms with Crippen LogP contribution in [0.1, 0.15) is 30.1 Å². The summed E-state index contributed by atoms with van der Waals surface area (Å²) in [6, 6.07) is 14.3. The van der Waals surface area contributed by atoms with Gasteiger partial charge in [0.15, 0.2) is 23.0 Å². The molecule has 7 heteroatoms. The third kappa shape index (κ3) is 3.61. The van der Waals surface area contributed by atoms with Crippen molar-refractivity contribution in [1.29, 1.82) is 0 Å². The van der Waals surface area contributed by atoms with Gasteiger partial charge in [-0.25, -0.2) is 9.50 Å². The molecule has 5 heterocycles. The molecule has 31 heavy (non-hydrogen) atoms. The molecule has 2 aliphatic heterocycles. The Hall–Kier alpha value is -3.45. The van der Waals surface area contributed by atoms with Crippen molar-refractivity contribution >= 4 is 5.65 Å². The molecule has 0 N–H and O–H groups in total. The number of hydrogen-bond donors (Lipinski definition) is 0. The summed E-state index contributed by atoms with van der Waals surface area (Å²) >= 11 is 0. The van der Waals surface area contributed by atoms with Crippen molar-refractivity contribution in [3.05, 3.63) is 72.4 Å². The fraction of sp³-hybridized carbons (Fsp3) is 0.292. The zero-order chi connectivity index (χ0) is 20.6.